The molecule has 0 spiro atoms. The molecule has 1 aromatic carbocycles. The summed E-state index contributed by atoms with van der Waals surface area (Å²) in [7, 11) is 0. The van der Waals surface area contributed by atoms with Crippen molar-refractivity contribution in [1.82, 2.24) is 4.90 Å². The minimum Gasteiger partial charge on any atom is -0.328 e. The van der Waals surface area contributed by atoms with Crippen LogP contribution in [-0.4, -0.2) is 22.6 Å². The van der Waals surface area contributed by atoms with Gasteiger partial charge in [0.25, 0.3) is 0 Å². The molecule has 2 rings (SSSR count). The molecule has 1 aliphatic rings. The van der Waals surface area contributed by atoms with Crippen LogP contribution < -0.4 is 0 Å². The van der Waals surface area contributed by atoms with Crippen LogP contribution in [0.3, 0.4) is 0 Å². The van der Waals surface area contributed by atoms with Gasteiger partial charge >= 0.3 is 0 Å². The van der Waals surface area contributed by atoms with E-state index in [0.717, 1.165) is 5.56 Å². The Kier molecular flexibility index (Phi) is 3.57. The van der Waals surface area contributed by atoms with Crippen molar-refractivity contribution < 1.29 is 9.59 Å². The number of hydrogen-bond donors (Lipinski definition) is 0. The molecule has 0 aromatic heterocycles. The Balaban J connectivity index is 2.12. The SMILES string of the molecule is CCC(=O)C1CCC(=O)N1Cc1ccccc1. The first-order chi connectivity index (χ1) is 8.22. The molecular weight excluding hydrogens is 214 g/mol. The van der Waals surface area contributed by atoms with E-state index in [1.54, 1.807) is 4.90 Å². The van der Waals surface area contributed by atoms with Crippen molar-refractivity contribution in [2.75, 3.05) is 0 Å². The summed E-state index contributed by atoms with van der Waals surface area (Å²) in [6.45, 7) is 2.40. The van der Waals surface area contributed by atoms with Gasteiger partial charge in [-0.05, 0) is 12.0 Å². The number of carbonyl (C=O) groups is 2. The van der Waals surface area contributed by atoms with Gasteiger partial charge in [0, 0.05) is 19.4 Å². The molecule has 0 aliphatic carbocycles. The Bertz CT molecular complexity index is 413. The molecule has 3 heteroatoms. The average molecular weight is 231 g/mol. The van der Waals surface area contributed by atoms with Crippen molar-refractivity contribution in [2.45, 2.75) is 38.8 Å². The Hall–Kier alpha value is -1.64. The van der Waals surface area contributed by atoms with Crippen LogP contribution in [0.1, 0.15) is 31.7 Å². The van der Waals surface area contributed by atoms with E-state index in [4.69, 9.17) is 0 Å². The van der Waals surface area contributed by atoms with Crippen LogP contribution in [0, 0.1) is 0 Å². The molecular formula is C14H17NO2. The monoisotopic (exact) mass is 231 g/mol. The van der Waals surface area contributed by atoms with Crippen LogP contribution in [0.15, 0.2) is 30.3 Å². The fraction of sp³-hybridized carbons (Fsp3) is 0.429. The largest absolute Gasteiger partial charge is 0.328 e. The van der Waals surface area contributed by atoms with E-state index in [1.807, 2.05) is 37.3 Å². The number of carbonyl (C=O) groups excluding carboxylic acids is 2. The zero-order chi connectivity index (χ0) is 12.3. The number of hydrogen-bond acceptors (Lipinski definition) is 2. The third-order valence-electron chi connectivity index (χ3n) is 3.24. The van der Waals surface area contributed by atoms with Gasteiger partial charge in [0.05, 0.1) is 6.04 Å². The zero-order valence-electron chi connectivity index (χ0n) is 10.1. The Morgan fingerprint density at radius 3 is 2.71 bits per heavy atom. The fourth-order valence-electron chi connectivity index (χ4n) is 2.28. The van der Waals surface area contributed by atoms with Crippen LogP contribution in [0.5, 0.6) is 0 Å². The molecule has 0 saturated carbocycles. The third kappa shape index (κ3) is 2.54. The molecule has 1 aromatic rings. The van der Waals surface area contributed by atoms with Crippen molar-refractivity contribution in [3.05, 3.63) is 35.9 Å². The lowest BCUT2D eigenvalue weighted by atomic mass is 10.1. The minimum absolute atomic E-state index is 0.0978. The predicted molar refractivity (Wildman–Crippen MR) is 65.3 cm³/mol. The van der Waals surface area contributed by atoms with Gasteiger partial charge in [-0.15, -0.1) is 0 Å². The van der Waals surface area contributed by atoms with E-state index in [0.29, 0.717) is 25.8 Å². The maximum Gasteiger partial charge on any atom is 0.223 e. The lowest BCUT2D eigenvalue weighted by Crippen LogP contribution is -2.37. The molecule has 0 bridgehead atoms. The van der Waals surface area contributed by atoms with Crippen molar-refractivity contribution in [1.29, 1.82) is 0 Å². The molecule has 1 saturated heterocycles. The zero-order valence-corrected chi connectivity index (χ0v) is 10.1. The summed E-state index contributed by atoms with van der Waals surface area (Å²) >= 11 is 0. The summed E-state index contributed by atoms with van der Waals surface area (Å²) < 4.78 is 0. The average Bonchev–Trinajstić information content (AvgIpc) is 2.72. The van der Waals surface area contributed by atoms with Crippen LogP contribution in [0.2, 0.25) is 0 Å². The van der Waals surface area contributed by atoms with Crippen molar-refractivity contribution in [3.63, 3.8) is 0 Å². The molecule has 0 N–H and O–H groups in total. The second-order valence-corrected chi connectivity index (χ2v) is 4.38. The molecule has 1 unspecified atom stereocenters. The lowest BCUT2D eigenvalue weighted by molar-refractivity contribution is -0.134. The second kappa shape index (κ2) is 5.13. The quantitative estimate of drug-likeness (QED) is 0.796. The summed E-state index contributed by atoms with van der Waals surface area (Å²) in [5, 5.41) is 0. The lowest BCUT2D eigenvalue weighted by Gasteiger charge is -2.23. The van der Waals surface area contributed by atoms with E-state index >= 15 is 0 Å². The molecule has 17 heavy (non-hydrogen) atoms. The van der Waals surface area contributed by atoms with Crippen molar-refractivity contribution >= 4 is 11.7 Å². The predicted octanol–water partition coefficient (Wildman–Crippen LogP) is 2.16. The molecule has 1 heterocycles. The summed E-state index contributed by atoms with van der Waals surface area (Å²) in [5.41, 5.74) is 1.08. The maximum absolute atomic E-state index is 11.8. The summed E-state index contributed by atoms with van der Waals surface area (Å²) in [6, 6.07) is 9.62. The topological polar surface area (TPSA) is 37.4 Å². The standard InChI is InChI=1S/C14H17NO2/c1-2-13(16)12-8-9-14(17)15(12)10-11-6-4-3-5-7-11/h3-7,12H,2,8-10H2,1H3. The second-order valence-electron chi connectivity index (χ2n) is 4.38. The molecule has 1 amide bonds. The van der Waals surface area contributed by atoms with E-state index in [-0.39, 0.29) is 17.7 Å². The van der Waals surface area contributed by atoms with Gasteiger partial charge in [0.2, 0.25) is 5.91 Å². The van der Waals surface area contributed by atoms with Gasteiger partial charge in [-0.3, -0.25) is 9.59 Å². The Labute approximate surface area is 101 Å². The van der Waals surface area contributed by atoms with Crippen molar-refractivity contribution in [3.8, 4) is 0 Å². The van der Waals surface area contributed by atoms with Crippen LogP contribution in [0.25, 0.3) is 0 Å². The summed E-state index contributed by atoms with van der Waals surface area (Å²) in [6.07, 6.45) is 1.69. The van der Waals surface area contributed by atoms with Gasteiger partial charge in [-0.1, -0.05) is 37.3 Å². The number of likely N-dealkylation sites (tertiary alicyclic amines) is 1. The molecule has 3 nitrogen and oxygen atoms in total. The van der Waals surface area contributed by atoms with Crippen molar-refractivity contribution in [2.24, 2.45) is 0 Å². The van der Waals surface area contributed by atoms with Crippen LogP contribution in [0.4, 0.5) is 0 Å². The number of ketones is 1. The van der Waals surface area contributed by atoms with E-state index in [2.05, 4.69) is 0 Å². The number of rotatable bonds is 4. The smallest absolute Gasteiger partial charge is 0.223 e. The summed E-state index contributed by atoms with van der Waals surface area (Å²) in [4.78, 5) is 25.3. The van der Waals surface area contributed by atoms with Crippen LogP contribution in [-0.2, 0) is 16.1 Å². The van der Waals surface area contributed by atoms with Gasteiger partial charge in [-0.2, -0.15) is 0 Å². The Morgan fingerprint density at radius 1 is 1.35 bits per heavy atom. The highest BCUT2D eigenvalue weighted by Crippen LogP contribution is 2.22. The molecule has 1 aliphatic heterocycles. The number of nitrogens with zero attached hydrogens (tertiary/aromatic N) is 1. The fourth-order valence-corrected chi connectivity index (χ4v) is 2.28. The highest BCUT2D eigenvalue weighted by Gasteiger charge is 2.34. The first-order valence-corrected chi connectivity index (χ1v) is 6.08. The highest BCUT2D eigenvalue weighted by molar-refractivity contribution is 5.91. The van der Waals surface area contributed by atoms with E-state index in [9.17, 15) is 9.59 Å². The first kappa shape index (κ1) is 11.8. The molecule has 1 fully saturated rings. The number of benzene rings is 1. The van der Waals surface area contributed by atoms with Gasteiger partial charge in [-0.25, -0.2) is 0 Å². The molecule has 90 valence electrons. The van der Waals surface area contributed by atoms with E-state index in [1.165, 1.54) is 0 Å². The third-order valence-corrected chi connectivity index (χ3v) is 3.24. The summed E-state index contributed by atoms with van der Waals surface area (Å²) in [5.74, 6) is 0.271. The van der Waals surface area contributed by atoms with Gasteiger partial charge < -0.3 is 4.90 Å². The molecule has 0 radical (unpaired) electrons. The molecule has 1 atom stereocenters. The number of amides is 1. The minimum atomic E-state index is -0.201. The van der Waals surface area contributed by atoms with E-state index < -0.39 is 0 Å². The normalized spacial score (nSPS) is 19.7. The number of Topliss-reactive ketones (excluding diaryl/α,β-unsaturated/α-hetero) is 1. The van der Waals surface area contributed by atoms with Gasteiger partial charge in [0.15, 0.2) is 5.78 Å². The first-order valence-electron chi connectivity index (χ1n) is 6.08. The van der Waals surface area contributed by atoms with Gasteiger partial charge in [0.1, 0.15) is 0 Å². The van der Waals surface area contributed by atoms with Crippen LogP contribution >= 0.6 is 0 Å². The maximum atomic E-state index is 11.8. The highest BCUT2D eigenvalue weighted by atomic mass is 16.2. The Morgan fingerprint density at radius 2 is 2.06 bits per heavy atom.